The van der Waals surface area contributed by atoms with E-state index < -0.39 is 0 Å². The van der Waals surface area contributed by atoms with E-state index in [-0.39, 0.29) is 17.7 Å². The molecule has 2 saturated carbocycles. The fourth-order valence-corrected chi connectivity index (χ4v) is 4.33. The van der Waals surface area contributed by atoms with Crippen molar-refractivity contribution >= 4 is 40.5 Å². The largest absolute Gasteiger partial charge is 0.332 e. The van der Waals surface area contributed by atoms with Gasteiger partial charge in [-0.1, -0.05) is 38.2 Å². The lowest BCUT2D eigenvalue weighted by Gasteiger charge is -2.21. The second kappa shape index (κ2) is 9.83. The maximum absolute atomic E-state index is 12.4. The lowest BCUT2D eigenvalue weighted by atomic mass is 9.88. The molecule has 0 bridgehead atoms. The summed E-state index contributed by atoms with van der Waals surface area (Å²) in [5.74, 6) is 0.679. The third-order valence-electron chi connectivity index (χ3n) is 5.57. The van der Waals surface area contributed by atoms with Gasteiger partial charge in [0.25, 0.3) is 0 Å². The molecular formula is C21H29N3O2S. The minimum absolute atomic E-state index is 0.0267. The average molecular weight is 388 g/mol. The first-order valence-corrected chi connectivity index (χ1v) is 10.5. The van der Waals surface area contributed by atoms with Gasteiger partial charge in [0, 0.05) is 23.7 Å². The minimum atomic E-state index is -0.0267. The first-order valence-electron chi connectivity index (χ1n) is 10.1. The van der Waals surface area contributed by atoms with Gasteiger partial charge >= 0.3 is 0 Å². The Morgan fingerprint density at radius 2 is 1.56 bits per heavy atom. The van der Waals surface area contributed by atoms with E-state index in [1.165, 1.54) is 19.3 Å². The second-order valence-corrected chi connectivity index (χ2v) is 8.17. The Bertz CT molecular complexity index is 680. The van der Waals surface area contributed by atoms with Crippen molar-refractivity contribution in [2.75, 3.05) is 10.6 Å². The van der Waals surface area contributed by atoms with Crippen molar-refractivity contribution in [2.45, 2.75) is 64.2 Å². The number of hydrogen-bond acceptors (Lipinski definition) is 3. The zero-order chi connectivity index (χ0) is 19.1. The number of benzene rings is 1. The second-order valence-electron chi connectivity index (χ2n) is 7.76. The summed E-state index contributed by atoms with van der Waals surface area (Å²) in [4.78, 5) is 24.5. The highest BCUT2D eigenvalue weighted by molar-refractivity contribution is 7.80. The van der Waals surface area contributed by atoms with Crippen LogP contribution in [0.2, 0.25) is 0 Å². The van der Waals surface area contributed by atoms with Crippen molar-refractivity contribution in [2.24, 2.45) is 11.8 Å². The molecule has 1 aromatic rings. The highest BCUT2D eigenvalue weighted by Crippen LogP contribution is 2.27. The summed E-state index contributed by atoms with van der Waals surface area (Å²) < 4.78 is 0. The zero-order valence-electron chi connectivity index (χ0n) is 15.8. The van der Waals surface area contributed by atoms with Gasteiger partial charge in [0.05, 0.1) is 0 Å². The van der Waals surface area contributed by atoms with Crippen LogP contribution < -0.4 is 16.0 Å². The van der Waals surface area contributed by atoms with Crippen molar-refractivity contribution in [1.82, 2.24) is 5.32 Å². The number of amides is 2. The number of carbonyl (C=O) groups is 2. The molecule has 0 unspecified atom stereocenters. The van der Waals surface area contributed by atoms with Crippen LogP contribution in [0.3, 0.4) is 0 Å². The maximum Gasteiger partial charge on any atom is 0.227 e. The van der Waals surface area contributed by atoms with Crippen molar-refractivity contribution in [3.8, 4) is 0 Å². The number of hydrogen-bond donors (Lipinski definition) is 3. The highest BCUT2D eigenvalue weighted by atomic mass is 32.1. The Morgan fingerprint density at radius 1 is 0.926 bits per heavy atom. The average Bonchev–Trinajstić information content (AvgIpc) is 3.15. The summed E-state index contributed by atoms with van der Waals surface area (Å²) >= 11 is 5.26. The van der Waals surface area contributed by atoms with Crippen molar-refractivity contribution in [3.63, 3.8) is 0 Å². The van der Waals surface area contributed by atoms with E-state index in [4.69, 9.17) is 12.2 Å². The smallest absolute Gasteiger partial charge is 0.227 e. The molecule has 6 heteroatoms. The molecule has 0 aromatic heterocycles. The van der Waals surface area contributed by atoms with E-state index >= 15 is 0 Å². The molecular weight excluding hydrogens is 358 g/mol. The fourth-order valence-electron chi connectivity index (χ4n) is 4.10. The third kappa shape index (κ3) is 6.31. The lowest BCUT2D eigenvalue weighted by Crippen LogP contribution is -2.34. The molecule has 2 aliphatic carbocycles. The summed E-state index contributed by atoms with van der Waals surface area (Å²) in [6.07, 6.45) is 10.7. The van der Waals surface area contributed by atoms with Gasteiger partial charge in [-0.2, -0.15) is 0 Å². The van der Waals surface area contributed by atoms with Crippen LogP contribution in [0, 0.1) is 11.8 Å². The number of thiocarbonyl (C=S) groups is 1. The van der Waals surface area contributed by atoms with Gasteiger partial charge < -0.3 is 16.0 Å². The quantitative estimate of drug-likeness (QED) is 0.646. The molecule has 0 heterocycles. The van der Waals surface area contributed by atoms with Crippen LogP contribution in [-0.2, 0) is 9.59 Å². The van der Waals surface area contributed by atoms with E-state index in [1.54, 1.807) is 0 Å². The van der Waals surface area contributed by atoms with Crippen LogP contribution in [0.25, 0.3) is 0 Å². The number of nitrogens with one attached hydrogen (secondary N) is 3. The van der Waals surface area contributed by atoms with Crippen LogP contribution in [0.15, 0.2) is 24.3 Å². The Labute approximate surface area is 166 Å². The molecule has 0 saturated heterocycles. The molecule has 2 aliphatic rings. The van der Waals surface area contributed by atoms with Gasteiger partial charge in [-0.3, -0.25) is 9.59 Å². The standard InChI is InChI=1S/C21H29N3O2S/c25-19(13-15-7-4-5-8-15)24-21(27)23-18-12-6-11-17(14-18)22-20(26)16-9-2-1-3-10-16/h6,11-12,14-16H,1-5,7-10,13H2,(H,22,26)(H2,23,24,25,27). The number of rotatable bonds is 5. The summed E-state index contributed by atoms with van der Waals surface area (Å²) in [6, 6.07) is 7.44. The molecule has 0 atom stereocenters. The fraction of sp³-hybridized carbons (Fsp3) is 0.571. The van der Waals surface area contributed by atoms with Gasteiger partial charge in [-0.05, 0) is 62.0 Å². The summed E-state index contributed by atoms with van der Waals surface area (Å²) in [7, 11) is 0. The van der Waals surface area contributed by atoms with Gasteiger partial charge in [0.1, 0.15) is 0 Å². The highest BCUT2D eigenvalue weighted by Gasteiger charge is 2.21. The molecule has 0 spiro atoms. The van der Waals surface area contributed by atoms with E-state index in [2.05, 4.69) is 16.0 Å². The predicted octanol–water partition coefficient (Wildman–Crippen LogP) is 4.60. The van der Waals surface area contributed by atoms with E-state index in [9.17, 15) is 9.59 Å². The Hall–Kier alpha value is -1.95. The van der Waals surface area contributed by atoms with Crippen LogP contribution in [-0.4, -0.2) is 16.9 Å². The van der Waals surface area contributed by atoms with E-state index in [0.717, 1.165) is 49.9 Å². The Morgan fingerprint density at radius 3 is 2.26 bits per heavy atom. The van der Waals surface area contributed by atoms with Crippen molar-refractivity contribution < 1.29 is 9.59 Å². The summed E-state index contributed by atoms with van der Waals surface area (Å²) in [5.41, 5.74) is 1.50. The molecule has 3 N–H and O–H groups in total. The van der Waals surface area contributed by atoms with Gasteiger partial charge in [0.2, 0.25) is 11.8 Å². The van der Waals surface area contributed by atoms with Crippen LogP contribution in [0.4, 0.5) is 11.4 Å². The van der Waals surface area contributed by atoms with E-state index in [0.29, 0.717) is 17.5 Å². The normalized spacial score (nSPS) is 18.1. The minimum Gasteiger partial charge on any atom is -0.332 e. The molecule has 1 aromatic carbocycles. The molecule has 2 fully saturated rings. The molecule has 3 rings (SSSR count). The lowest BCUT2D eigenvalue weighted by molar-refractivity contribution is -0.121. The van der Waals surface area contributed by atoms with Crippen LogP contribution in [0.5, 0.6) is 0 Å². The molecule has 0 aliphatic heterocycles. The molecule has 2 amide bonds. The molecule has 27 heavy (non-hydrogen) atoms. The Balaban J connectivity index is 1.48. The van der Waals surface area contributed by atoms with Crippen molar-refractivity contribution in [3.05, 3.63) is 24.3 Å². The van der Waals surface area contributed by atoms with Gasteiger partial charge in [-0.15, -0.1) is 0 Å². The SMILES string of the molecule is O=C(CC1CCCC1)NC(=S)Nc1cccc(NC(=O)C2CCCCC2)c1. The zero-order valence-corrected chi connectivity index (χ0v) is 16.6. The van der Waals surface area contributed by atoms with Gasteiger partial charge in [0.15, 0.2) is 5.11 Å². The summed E-state index contributed by atoms with van der Waals surface area (Å²) in [6.45, 7) is 0. The first-order chi connectivity index (χ1) is 13.1. The molecule has 146 valence electrons. The topological polar surface area (TPSA) is 70.2 Å². The van der Waals surface area contributed by atoms with Gasteiger partial charge in [-0.25, -0.2) is 0 Å². The first kappa shape index (κ1) is 19.8. The predicted molar refractivity (Wildman–Crippen MR) is 113 cm³/mol. The Kier molecular flexibility index (Phi) is 7.21. The monoisotopic (exact) mass is 387 g/mol. The molecule has 5 nitrogen and oxygen atoms in total. The van der Waals surface area contributed by atoms with Crippen LogP contribution in [0.1, 0.15) is 64.2 Å². The maximum atomic E-state index is 12.4. The third-order valence-corrected chi connectivity index (χ3v) is 5.77. The number of anilines is 2. The summed E-state index contributed by atoms with van der Waals surface area (Å²) in [5, 5.41) is 9.10. The number of carbonyl (C=O) groups excluding carboxylic acids is 2. The van der Waals surface area contributed by atoms with E-state index in [1.807, 2.05) is 24.3 Å². The van der Waals surface area contributed by atoms with Crippen LogP contribution >= 0.6 is 12.2 Å². The molecule has 0 radical (unpaired) electrons. The van der Waals surface area contributed by atoms with Crippen molar-refractivity contribution in [1.29, 1.82) is 0 Å².